The van der Waals surface area contributed by atoms with E-state index in [1.165, 1.54) is 6.42 Å². The molecule has 0 saturated carbocycles. The molecule has 1 atom stereocenters. The first kappa shape index (κ1) is 11.8. The number of carbonyl (C=O) groups is 1. The van der Waals surface area contributed by atoms with E-state index in [0.717, 1.165) is 45.2 Å². The van der Waals surface area contributed by atoms with E-state index in [0.29, 0.717) is 0 Å². The summed E-state index contributed by atoms with van der Waals surface area (Å²) in [5.41, 5.74) is 0. The first-order valence-corrected chi connectivity index (χ1v) is 6.12. The SMILES string of the molecule is CCCCC(Cl)C(=O)N1CCCCC1. The minimum Gasteiger partial charge on any atom is -0.341 e. The Morgan fingerprint density at radius 3 is 2.57 bits per heavy atom. The maximum atomic E-state index is 11.8. The summed E-state index contributed by atoms with van der Waals surface area (Å²) < 4.78 is 0. The van der Waals surface area contributed by atoms with Gasteiger partial charge in [0.25, 0.3) is 0 Å². The summed E-state index contributed by atoms with van der Waals surface area (Å²) >= 11 is 6.05. The molecule has 1 unspecified atom stereocenters. The van der Waals surface area contributed by atoms with E-state index in [-0.39, 0.29) is 11.3 Å². The fourth-order valence-electron chi connectivity index (χ4n) is 1.82. The molecule has 3 heteroatoms. The predicted octanol–water partition coefficient (Wildman–Crippen LogP) is 2.80. The molecule has 0 spiro atoms. The molecule has 14 heavy (non-hydrogen) atoms. The van der Waals surface area contributed by atoms with E-state index in [2.05, 4.69) is 6.92 Å². The van der Waals surface area contributed by atoms with Crippen LogP contribution in [0.1, 0.15) is 45.4 Å². The number of piperidine rings is 1. The van der Waals surface area contributed by atoms with Crippen LogP contribution < -0.4 is 0 Å². The zero-order valence-corrected chi connectivity index (χ0v) is 9.72. The first-order chi connectivity index (χ1) is 6.75. The van der Waals surface area contributed by atoms with Crippen molar-refractivity contribution in [2.45, 2.75) is 50.8 Å². The van der Waals surface area contributed by atoms with Gasteiger partial charge in [0, 0.05) is 13.1 Å². The number of rotatable bonds is 4. The standard InChI is InChI=1S/C11H20ClNO/c1-2-3-7-10(12)11(14)13-8-5-4-6-9-13/h10H,2-9H2,1H3. The molecule has 1 aliphatic rings. The molecule has 1 rings (SSSR count). The highest BCUT2D eigenvalue weighted by Crippen LogP contribution is 2.15. The second-order valence-electron chi connectivity index (χ2n) is 4.00. The molecule has 0 aliphatic carbocycles. The molecule has 2 nitrogen and oxygen atoms in total. The molecule has 1 fully saturated rings. The molecule has 1 heterocycles. The van der Waals surface area contributed by atoms with E-state index < -0.39 is 0 Å². The van der Waals surface area contributed by atoms with Gasteiger partial charge in [-0.05, 0) is 25.7 Å². The van der Waals surface area contributed by atoms with Gasteiger partial charge in [-0.25, -0.2) is 0 Å². The number of carbonyl (C=O) groups excluding carboxylic acids is 1. The van der Waals surface area contributed by atoms with Crippen molar-refractivity contribution >= 4 is 17.5 Å². The quantitative estimate of drug-likeness (QED) is 0.664. The van der Waals surface area contributed by atoms with Crippen LogP contribution in [0.15, 0.2) is 0 Å². The zero-order chi connectivity index (χ0) is 10.4. The highest BCUT2D eigenvalue weighted by atomic mass is 35.5. The Morgan fingerprint density at radius 1 is 1.36 bits per heavy atom. The minimum atomic E-state index is -0.284. The number of nitrogens with zero attached hydrogens (tertiary/aromatic N) is 1. The summed E-state index contributed by atoms with van der Waals surface area (Å²) in [7, 11) is 0. The molecule has 0 aromatic carbocycles. The maximum Gasteiger partial charge on any atom is 0.240 e. The van der Waals surface area contributed by atoms with Crippen molar-refractivity contribution < 1.29 is 4.79 Å². The smallest absolute Gasteiger partial charge is 0.240 e. The number of halogens is 1. The topological polar surface area (TPSA) is 20.3 Å². The van der Waals surface area contributed by atoms with Crippen LogP contribution in [0.3, 0.4) is 0 Å². The van der Waals surface area contributed by atoms with Crippen molar-refractivity contribution in [3.8, 4) is 0 Å². The first-order valence-electron chi connectivity index (χ1n) is 5.68. The second kappa shape index (κ2) is 6.28. The molecule has 0 aromatic heterocycles. The highest BCUT2D eigenvalue weighted by Gasteiger charge is 2.22. The minimum absolute atomic E-state index is 0.153. The normalized spacial score (nSPS) is 19.4. The third kappa shape index (κ3) is 3.49. The lowest BCUT2D eigenvalue weighted by Crippen LogP contribution is -2.40. The Morgan fingerprint density at radius 2 is 2.00 bits per heavy atom. The third-order valence-electron chi connectivity index (χ3n) is 2.75. The molecule has 1 amide bonds. The Bertz CT molecular complexity index is 178. The molecule has 1 aliphatic heterocycles. The molecule has 0 N–H and O–H groups in total. The van der Waals surface area contributed by atoms with Gasteiger partial charge in [0.15, 0.2) is 0 Å². The van der Waals surface area contributed by atoms with Crippen molar-refractivity contribution in [2.24, 2.45) is 0 Å². The zero-order valence-electron chi connectivity index (χ0n) is 8.97. The van der Waals surface area contributed by atoms with E-state index in [9.17, 15) is 4.79 Å². The lowest BCUT2D eigenvalue weighted by Gasteiger charge is -2.28. The summed E-state index contributed by atoms with van der Waals surface area (Å²) in [6.45, 7) is 3.94. The number of hydrogen-bond acceptors (Lipinski definition) is 1. The highest BCUT2D eigenvalue weighted by molar-refractivity contribution is 6.30. The van der Waals surface area contributed by atoms with E-state index in [1.54, 1.807) is 0 Å². The van der Waals surface area contributed by atoms with Crippen molar-refractivity contribution in [3.63, 3.8) is 0 Å². The van der Waals surface area contributed by atoms with Crippen molar-refractivity contribution in [2.75, 3.05) is 13.1 Å². The van der Waals surface area contributed by atoms with Crippen LogP contribution in [0, 0.1) is 0 Å². The summed E-state index contributed by atoms with van der Waals surface area (Å²) in [6.07, 6.45) is 6.52. The van der Waals surface area contributed by atoms with Gasteiger partial charge in [-0.1, -0.05) is 19.8 Å². The van der Waals surface area contributed by atoms with E-state index in [1.807, 2.05) is 4.90 Å². The van der Waals surface area contributed by atoms with Gasteiger partial charge in [-0.3, -0.25) is 4.79 Å². The number of likely N-dealkylation sites (tertiary alicyclic amines) is 1. The van der Waals surface area contributed by atoms with Crippen molar-refractivity contribution in [1.29, 1.82) is 0 Å². The second-order valence-corrected chi connectivity index (χ2v) is 4.52. The van der Waals surface area contributed by atoms with Crippen LogP contribution in [0.2, 0.25) is 0 Å². The lowest BCUT2D eigenvalue weighted by atomic mass is 10.1. The largest absolute Gasteiger partial charge is 0.341 e. The number of amides is 1. The fourth-order valence-corrected chi connectivity index (χ4v) is 2.11. The molecule has 0 aromatic rings. The van der Waals surface area contributed by atoms with Crippen LogP contribution in [-0.2, 0) is 4.79 Å². The lowest BCUT2D eigenvalue weighted by molar-refractivity contribution is -0.131. The van der Waals surface area contributed by atoms with Crippen LogP contribution in [0.5, 0.6) is 0 Å². The van der Waals surface area contributed by atoms with Crippen LogP contribution in [0.4, 0.5) is 0 Å². The Balaban J connectivity index is 2.30. The summed E-state index contributed by atoms with van der Waals surface area (Å²) in [4.78, 5) is 13.7. The Labute approximate surface area is 91.6 Å². The number of unbranched alkanes of at least 4 members (excludes halogenated alkanes) is 1. The summed E-state index contributed by atoms with van der Waals surface area (Å²) in [6, 6.07) is 0. The maximum absolute atomic E-state index is 11.8. The van der Waals surface area contributed by atoms with Gasteiger partial charge in [-0.2, -0.15) is 0 Å². The van der Waals surface area contributed by atoms with Crippen molar-refractivity contribution in [3.05, 3.63) is 0 Å². The summed E-state index contributed by atoms with van der Waals surface area (Å²) in [5.74, 6) is 0.153. The molecule has 0 bridgehead atoms. The summed E-state index contributed by atoms with van der Waals surface area (Å²) in [5, 5.41) is -0.284. The molecule has 1 saturated heterocycles. The van der Waals surface area contributed by atoms with Crippen molar-refractivity contribution in [1.82, 2.24) is 4.90 Å². The molecule has 82 valence electrons. The Hall–Kier alpha value is -0.240. The van der Waals surface area contributed by atoms with Crippen LogP contribution in [-0.4, -0.2) is 29.3 Å². The van der Waals surface area contributed by atoms with Crippen LogP contribution in [0.25, 0.3) is 0 Å². The average molecular weight is 218 g/mol. The fraction of sp³-hybridized carbons (Fsp3) is 0.909. The molecular weight excluding hydrogens is 198 g/mol. The average Bonchev–Trinajstić information content (AvgIpc) is 2.26. The van der Waals surface area contributed by atoms with E-state index in [4.69, 9.17) is 11.6 Å². The predicted molar refractivity (Wildman–Crippen MR) is 59.6 cm³/mol. The molecular formula is C11H20ClNO. The monoisotopic (exact) mass is 217 g/mol. The van der Waals surface area contributed by atoms with E-state index >= 15 is 0 Å². The van der Waals surface area contributed by atoms with Crippen LogP contribution >= 0.6 is 11.6 Å². The third-order valence-corrected chi connectivity index (χ3v) is 3.15. The van der Waals surface area contributed by atoms with Gasteiger partial charge >= 0.3 is 0 Å². The van der Waals surface area contributed by atoms with Gasteiger partial charge in [0.05, 0.1) is 0 Å². The number of alkyl halides is 1. The molecule has 0 radical (unpaired) electrons. The Kier molecular flexibility index (Phi) is 5.31. The van der Waals surface area contributed by atoms with Gasteiger partial charge in [0.1, 0.15) is 5.38 Å². The van der Waals surface area contributed by atoms with Gasteiger partial charge in [-0.15, -0.1) is 11.6 Å². The van der Waals surface area contributed by atoms with Gasteiger partial charge in [0.2, 0.25) is 5.91 Å². The van der Waals surface area contributed by atoms with Gasteiger partial charge < -0.3 is 4.90 Å². The number of hydrogen-bond donors (Lipinski definition) is 0.